The molecule has 0 fully saturated rings. The molecule has 0 aliphatic heterocycles. The monoisotopic (exact) mass is 115 g/mol. The molecule has 48 valence electrons. The Balaban J connectivity index is 3.63. The highest BCUT2D eigenvalue weighted by molar-refractivity contribution is 5.81. The van der Waals surface area contributed by atoms with E-state index < -0.39 is 0 Å². The smallest absolute Gasteiger partial charge is 0.122 e. The summed E-state index contributed by atoms with van der Waals surface area (Å²) in [5.74, 6) is 5.77. The van der Waals surface area contributed by atoms with Crippen LogP contribution in [0.4, 0.5) is 0 Å². The summed E-state index contributed by atoms with van der Waals surface area (Å²) >= 11 is 0. The molecule has 0 spiro atoms. The van der Waals surface area contributed by atoms with Crippen LogP contribution in [0.1, 0.15) is 20.3 Å². The minimum atomic E-state index is 0.319. The van der Waals surface area contributed by atoms with Gasteiger partial charge in [0.15, 0.2) is 0 Å². The molecule has 0 saturated carbocycles. The molecule has 0 aromatic heterocycles. The van der Waals surface area contributed by atoms with Gasteiger partial charge in [0, 0.05) is 5.92 Å². The Morgan fingerprint density at radius 1 is 1.75 bits per heavy atom. The number of nitrogens with two attached hydrogens (primary N) is 2. The first-order chi connectivity index (χ1) is 3.72. The zero-order valence-corrected chi connectivity index (χ0v) is 5.39. The van der Waals surface area contributed by atoms with Crippen molar-refractivity contribution >= 4 is 5.84 Å². The summed E-state index contributed by atoms with van der Waals surface area (Å²) in [6.07, 6.45) is 0.993. The fourth-order valence-electron chi connectivity index (χ4n) is 0.336. The molecule has 8 heavy (non-hydrogen) atoms. The highest BCUT2D eigenvalue weighted by atomic mass is 15.2. The summed E-state index contributed by atoms with van der Waals surface area (Å²) in [7, 11) is 0. The van der Waals surface area contributed by atoms with Crippen molar-refractivity contribution in [3.05, 3.63) is 0 Å². The van der Waals surface area contributed by atoms with Gasteiger partial charge in [0.25, 0.3) is 0 Å². The second-order valence-electron chi connectivity index (χ2n) is 1.86. The molecule has 4 N–H and O–H groups in total. The van der Waals surface area contributed by atoms with E-state index in [4.69, 9.17) is 11.6 Å². The molecule has 0 aliphatic rings. The Hall–Kier alpha value is -0.730. The Morgan fingerprint density at radius 3 is 2.38 bits per heavy atom. The van der Waals surface area contributed by atoms with Crippen molar-refractivity contribution in [3.8, 4) is 0 Å². The molecule has 0 aromatic rings. The van der Waals surface area contributed by atoms with Crippen LogP contribution >= 0.6 is 0 Å². The van der Waals surface area contributed by atoms with Gasteiger partial charge < -0.3 is 11.6 Å². The molecular weight excluding hydrogens is 102 g/mol. The van der Waals surface area contributed by atoms with Gasteiger partial charge in [0.1, 0.15) is 5.84 Å². The molecule has 0 heterocycles. The highest BCUT2D eigenvalue weighted by Gasteiger charge is 2.00. The van der Waals surface area contributed by atoms with Gasteiger partial charge in [-0.25, -0.2) is 0 Å². The normalized spacial score (nSPS) is 16.0. The minimum absolute atomic E-state index is 0.319. The first-order valence-corrected chi connectivity index (χ1v) is 2.75. The molecule has 0 saturated heterocycles. The van der Waals surface area contributed by atoms with E-state index in [1.54, 1.807) is 0 Å². The van der Waals surface area contributed by atoms with Crippen molar-refractivity contribution in [1.29, 1.82) is 0 Å². The zero-order chi connectivity index (χ0) is 6.57. The van der Waals surface area contributed by atoms with E-state index in [9.17, 15) is 0 Å². The van der Waals surface area contributed by atoms with Crippen molar-refractivity contribution in [2.75, 3.05) is 0 Å². The third-order valence-corrected chi connectivity index (χ3v) is 1.27. The zero-order valence-electron chi connectivity index (χ0n) is 5.39. The summed E-state index contributed by atoms with van der Waals surface area (Å²) in [4.78, 5) is 0. The molecule has 3 heteroatoms. The molecule has 1 unspecified atom stereocenters. The molecule has 0 aliphatic carbocycles. The van der Waals surface area contributed by atoms with E-state index in [1.165, 1.54) is 0 Å². The molecule has 0 bridgehead atoms. The Bertz CT molecular complexity index is 87.7. The van der Waals surface area contributed by atoms with Gasteiger partial charge in [-0.3, -0.25) is 0 Å². The molecule has 0 amide bonds. The van der Waals surface area contributed by atoms with Gasteiger partial charge in [-0.2, -0.15) is 5.10 Å². The summed E-state index contributed by atoms with van der Waals surface area (Å²) in [6.45, 7) is 4.04. The lowest BCUT2D eigenvalue weighted by Gasteiger charge is -2.03. The standard InChI is InChI=1S/C5H13N3/c1-3-4(2)5(6)8-7/h4H,3,7H2,1-2H3,(H2,6,8). The lowest BCUT2D eigenvalue weighted by atomic mass is 10.1. The van der Waals surface area contributed by atoms with E-state index in [0.29, 0.717) is 11.8 Å². The Kier molecular flexibility index (Phi) is 2.99. The molecule has 3 nitrogen and oxygen atoms in total. The van der Waals surface area contributed by atoms with Gasteiger partial charge in [-0.15, -0.1) is 0 Å². The number of nitrogens with zero attached hydrogens (tertiary/aromatic N) is 1. The summed E-state index contributed by atoms with van der Waals surface area (Å²) in [5.41, 5.74) is 5.35. The summed E-state index contributed by atoms with van der Waals surface area (Å²) in [6, 6.07) is 0. The van der Waals surface area contributed by atoms with Crippen LogP contribution in [-0.2, 0) is 0 Å². The van der Waals surface area contributed by atoms with Crippen molar-refractivity contribution in [2.24, 2.45) is 22.6 Å². The van der Waals surface area contributed by atoms with Gasteiger partial charge in [-0.05, 0) is 6.42 Å². The molecule has 0 radical (unpaired) electrons. The maximum absolute atomic E-state index is 5.35. The quantitative estimate of drug-likeness (QED) is 0.235. The van der Waals surface area contributed by atoms with Crippen LogP contribution in [0.3, 0.4) is 0 Å². The van der Waals surface area contributed by atoms with Crippen LogP contribution < -0.4 is 11.6 Å². The topological polar surface area (TPSA) is 64.4 Å². The fourth-order valence-corrected chi connectivity index (χ4v) is 0.336. The molecule has 0 aromatic carbocycles. The maximum Gasteiger partial charge on any atom is 0.122 e. The second-order valence-corrected chi connectivity index (χ2v) is 1.86. The van der Waals surface area contributed by atoms with Crippen molar-refractivity contribution in [3.63, 3.8) is 0 Å². The lowest BCUT2D eigenvalue weighted by Crippen LogP contribution is -2.22. The average Bonchev–Trinajstić information content (AvgIpc) is 1.84. The third-order valence-electron chi connectivity index (χ3n) is 1.27. The van der Waals surface area contributed by atoms with Crippen LogP contribution in [0, 0.1) is 5.92 Å². The second kappa shape index (κ2) is 3.29. The highest BCUT2D eigenvalue weighted by Crippen LogP contribution is 1.97. The van der Waals surface area contributed by atoms with Gasteiger partial charge in [0.2, 0.25) is 0 Å². The van der Waals surface area contributed by atoms with Crippen molar-refractivity contribution < 1.29 is 0 Å². The van der Waals surface area contributed by atoms with Crippen LogP contribution in [0.5, 0.6) is 0 Å². The Morgan fingerprint density at radius 2 is 2.25 bits per heavy atom. The summed E-state index contributed by atoms with van der Waals surface area (Å²) in [5, 5.41) is 3.35. The summed E-state index contributed by atoms with van der Waals surface area (Å²) < 4.78 is 0. The number of amidine groups is 1. The van der Waals surface area contributed by atoms with Gasteiger partial charge in [-0.1, -0.05) is 13.8 Å². The van der Waals surface area contributed by atoms with Crippen molar-refractivity contribution in [2.45, 2.75) is 20.3 Å². The van der Waals surface area contributed by atoms with E-state index in [2.05, 4.69) is 5.10 Å². The largest absolute Gasteiger partial charge is 0.386 e. The third kappa shape index (κ3) is 1.82. The lowest BCUT2D eigenvalue weighted by molar-refractivity contribution is 0.728. The van der Waals surface area contributed by atoms with Gasteiger partial charge >= 0.3 is 0 Å². The number of hydrazone groups is 1. The Labute approximate surface area is 49.7 Å². The SMILES string of the molecule is CCC(C)C(N)=NN. The fraction of sp³-hybridized carbons (Fsp3) is 0.800. The van der Waals surface area contributed by atoms with E-state index >= 15 is 0 Å². The van der Waals surface area contributed by atoms with Crippen LogP contribution in [-0.4, -0.2) is 5.84 Å². The first kappa shape index (κ1) is 7.27. The van der Waals surface area contributed by atoms with Crippen molar-refractivity contribution in [1.82, 2.24) is 0 Å². The van der Waals surface area contributed by atoms with Crippen LogP contribution in [0.15, 0.2) is 5.10 Å². The predicted octanol–water partition coefficient (Wildman–Crippen LogP) is 0.263. The first-order valence-electron chi connectivity index (χ1n) is 2.75. The van der Waals surface area contributed by atoms with Crippen LogP contribution in [0.25, 0.3) is 0 Å². The molecular formula is C5H13N3. The average molecular weight is 115 g/mol. The minimum Gasteiger partial charge on any atom is -0.386 e. The molecule has 0 rings (SSSR count). The van der Waals surface area contributed by atoms with E-state index in [0.717, 1.165) is 6.42 Å². The number of hydrogen-bond donors (Lipinski definition) is 2. The van der Waals surface area contributed by atoms with E-state index in [-0.39, 0.29) is 0 Å². The number of hydrogen-bond acceptors (Lipinski definition) is 2. The molecule has 1 atom stereocenters. The predicted molar refractivity (Wildman–Crippen MR) is 35.3 cm³/mol. The van der Waals surface area contributed by atoms with E-state index in [1.807, 2.05) is 13.8 Å². The maximum atomic E-state index is 5.35. The van der Waals surface area contributed by atoms with Crippen LogP contribution in [0.2, 0.25) is 0 Å². The van der Waals surface area contributed by atoms with Gasteiger partial charge in [0.05, 0.1) is 0 Å². The number of rotatable bonds is 2.